The number of aliphatic imine (C=N–C) groups is 1. The van der Waals surface area contributed by atoms with Crippen molar-refractivity contribution >= 4 is 6.34 Å². The summed E-state index contributed by atoms with van der Waals surface area (Å²) in [5.41, 5.74) is 0. The number of nitrogens with one attached hydrogen (secondary N) is 1. The molecular formula is C4H7N2. The van der Waals surface area contributed by atoms with Gasteiger partial charge in [-0.1, -0.05) is 0 Å². The molecule has 1 heterocycles. The molecule has 0 saturated carbocycles. The van der Waals surface area contributed by atoms with Gasteiger partial charge in [0.2, 0.25) is 0 Å². The summed E-state index contributed by atoms with van der Waals surface area (Å²) in [6.07, 6.45) is 2.65. The monoisotopic (exact) mass is 83.1 g/mol. The number of hydrogen-bond acceptors (Lipinski definition) is 2. The first kappa shape index (κ1) is 3.65. The first-order chi connectivity index (χ1) is 2.89. The molecule has 0 spiro atoms. The predicted molar refractivity (Wildman–Crippen MR) is 24.9 cm³/mol. The van der Waals surface area contributed by atoms with Crippen LogP contribution in [0, 0.1) is 0 Å². The molecule has 0 aliphatic carbocycles. The topological polar surface area (TPSA) is 24.4 Å². The molecule has 1 aliphatic heterocycles. The Morgan fingerprint density at radius 3 is 3.00 bits per heavy atom. The minimum atomic E-state index is 0.449. The molecule has 0 aromatic rings. The van der Waals surface area contributed by atoms with E-state index in [9.17, 15) is 0 Å². The lowest BCUT2D eigenvalue weighted by molar-refractivity contribution is 0.766. The summed E-state index contributed by atoms with van der Waals surface area (Å²) in [7, 11) is 0. The second-order valence-electron chi connectivity index (χ2n) is 1.47. The highest BCUT2D eigenvalue weighted by atomic mass is 15.0. The van der Waals surface area contributed by atoms with Crippen LogP contribution < -0.4 is 5.32 Å². The Hall–Kier alpha value is -0.530. The molecule has 1 N–H and O–H groups in total. The van der Waals surface area contributed by atoms with Crippen molar-refractivity contribution in [3.63, 3.8) is 0 Å². The average Bonchev–Trinajstić information content (AvgIpc) is 1.86. The Kier molecular flexibility index (Phi) is 0.783. The van der Waals surface area contributed by atoms with Gasteiger partial charge >= 0.3 is 0 Å². The van der Waals surface area contributed by atoms with E-state index in [0.717, 1.165) is 6.54 Å². The van der Waals surface area contributed by atoms with Gasteiger partial charge in [0.15, 0.2) is 6.34 Å². The van der Waals surface area contributed by atoms with Gasteiger partial charge in [-0.25, -0.2) is 0 Å². The summed E-state index contributed by atoms with van der Waals surface area (Å²) in [5.74, 6) is 0. The van der Waals surface area contributed by atoms with Crippen LogP contribution in [0.3, 0.4) is 0 Å². The molecule has 1 radical (unpaired) electrons. The zero-order valence-corrected chi connectivity index (χ0v) is 3.73. The normalized spacial score (nSPS) is 30.5. The van der Waals surface area contributed by atoms with Crippen molar-refractivity contribution in [2.45, 2.75) is 13.0 Å². The minimum Gasteiger partial charge on any atom is -0.365 e. The van der Waals surface area contributed by atoms with Crippen LogP contribution in [0.15, 0.2) is 4.99 Å². The van der Waals surface area contributed by atoms with E-state index in [1.165, 1.54) is 0 Å². The molecule has 6 heavy (non-hydrogen) atoms. The Morgan fingerprint density at radius 1 is 2.00 bits per heavy atom. The van der Waals surface area contributed by atoms with E-state index < -0.39 is 0 Å². The first-order valence-electron chi connectivity index (χ1n) is 2.07. The molecule has 0 amide bonds. The molecular weight excluding hydrogens is 76.1 g/mol. The SMILES string of the molecule is CC1CN[C]=N1. The second-order valence-corrected chi connectivity index (χ2v) is 1.47. The van der Waals surface area contributed by atoms with E-state index in [1.54, 1.807) is 0 Å². The number of nitrogens with zero attached hydrogens (tertiary/aromatic N) is 1. The molecule has 2 heteroatoms. The van der Waals surface area contributed by atoms with E-state index in [-0.39, 0.29) is 0 Å². The van der Waals surface area contributed by atoms with E-state index in [4.69, 9.17) is 0 Å². The van der Waals surface area contributed by atoms with E-state index in [2.05, 4.69) is 16.6 Å². The van der Waals surface area contributed by atoms with Crippen molar-refractivity contribution in [1.29, 1.82) is 0 Å². The fourth-order valence-corrected chi connectivity index (χ4v) is 0.395. The first-order valence-corrected chi connectivity index (χ1v) is 2.07. The van der Waals surface area contributed by atoms with Gasteiger partial charge in [-0.05, 0) is 6.92 Å². The molecule has 0 aromatic carbocycles. The number of rotatable bonds is 0. The quantitative estimate of drug-likeness (QED) is 0.434. The van der Waals surface area contributed by atoms with Crippen LogP contribution in [0.25, 0.3) is 0 Å². The summed E-state index contributed by atoms with van der Waals surface area (Å²) in [4.78, 5) is 3.88. The molecule has 0 aromatic heterocycles. The zero-order valence-electron chi connectivity index (χ0n) is 3.73. The lowest BCUT2D eigenvalue weighted by Crippen LogP contribution is -2.11. The lowest BCUT2D eigenvalue weighted by atomic mass is 10.4. The number of hydrogen-bond donors (Lipinski definition) is 1. The predicted octanol–water partition coefficient (Wildman–Crippen LogP) is -0.117. The van der Waals surface area contributed by atoms with E-state index >= 15 is 0 Å². The third-order valence-electron chi connectivity index (χ3n) is 0.761. The Bertz CT molecular complexity index is 67.9. The fraction of sp³-hybridized carbons (Fsp3) is 0.750. The molecule has 1 rings (SSSR count). The van der Waals surface area contributed by atoms with Crippen molar-refractivity contribution in [2.75, 3.05) is 6.54 Å². The van der Waals surface area contributed by atoms with E-state index in [1.807, 2.05) is 6.92 Å². The highest BCUT2D eigenvalue weighted by Crippen LogP contribution is 1.87. The van der Waals surface area contributed by atoms with Crippen molar-refractivity contribution in [3.8, 4) is 0 Å². The Morgan fingerprint density at radius 2 is 2.83 bits per heavy atom. The lowest BCUT2D eigenvalue weighted by Gasteiger charge is -1.89. The van der Waals surface area contributed by atoms with Gasteiger partial charge in [-0.15, -0.1) is 0 Å². The highest BCUT2D eigenvalue weighted by molar-refractivity contribution is 5.56. The van der Waals surface area contributed by atoms with Gasteiger partial charge < -0.3 is 5.32 Å². The van der Waals surface area contributed by atoms with Crippen LogP contribution in [0.4, 0.5) is 0 Å². The maximum absolute atomic E-state index is 3.88. The van der Waals surface area contributed by atoms with Gasteiger partial charge in [0.1, 0.15) is 0 Å². The maximum atomic E-state index is 3.88. The summed E-state index contributed by atoms with van der Waals surface area (Å²) in [5, 5.41) is 2.86. The summed E-state index contributed by atoms with van der Waals surface area (Å²) in [6.45, 7) is 3.01. The van der Waals surface area contributed by atoms with E-state index in [0.29, 0.717) is 6.04 Å². The standard InChI is InChI=1S/C4H7N2/c1-4-2-5-3-6-4/h4H,2H2,1H3,(H,5,6). The molecule has 2 nitrogen and oxygen atoms in total. The largest absolute Gasteiger partial charge is 0.365 e. The minimum absolute atomic E-state index is 0.449. The molecule has 33 valence electrons. The molecule has 0 fully saturated rings. The van der Waals surface area contributed by atoms with Crippen LogP contribution in [-0.4, -0.2) is 18.9 Å². The van der Waals surface area contributed by atoms with Crippen molar-refractivity contribution in [3.05, 3.63) is 0 Å². The van der Waals surface area contributed by atoms with Crippen LogP contribution in [0.2, 0.25) is 0 Å². The van der Waals surface area contributed by atoms with Crippen molar-refractivity contribution in [2.24, 2.45) is 4.99 Å². The zero-order chi connectivity index (χ0) is 4.41. The average molecular weight is 83.1 g/mol. The van der Waals surface area contributed by atoms with Crippen molar-refractivity contribution in [1.82, 2.24) is 5.32 Å². The maximum Gasteiger partial charge on any atom is 0.164 e. The molecule has 1 unspecified atom stereocenters. The Labute approximate surface area is 37.3 Å². The van der Waals surface area contributed by atoms with Crippen molar-refractivity contribution < 1.29 is 0 Å². The smallest absolute Gasteiger partial charge is 0.164 e. The van der Waals surface area contributed by atoms with Gasteiger partial charge in [0.25, 0.3) is 0 Å². The highest BCUT2D eigenvalue weighted by Gasteiger charge is 1.99. The fourth-order valence-electron chi connectivity index (χ4n) is 0.395. The third kappa shape index (κ3) is 0.506. The van der Waals surface area contributed by atoms with Crippen LogP contribution >= 0.6 is 0 Å². The van der Waals surface area contributed by atoms with Crippen LogP contribution in [0.5, 0.6) is 0 Å². The van der Waals surface area contributed by atoms with Gasteiger partial charge in [0.05, 0.1) is 6.04 Å². The van der Waals surface area contributed by atoms with Crippen LogP contribution in [-0.2, 0) is 0 Å². The molecule has 1 atom stereocenters. The molecule has 0 saturated heterocycles. The second kappa shape index (κ2) is 1.29. The van der Waals surface area contributed by atoms with Crippen LogP contribution in [0.1, 0.15) is 6.92 Å². The van der Waals surface area contributed by atoms with Gasteiger partial charge in [0, 0.05) is 6.54 Å². The molecule has 1 aliphatic rings. The summed E-state index contributed by atoms with van der Waals surface area (Å²) in [6, 6.07) is 0.449. The Balaban J connectivity index is 2.38. The summed E-state index contributed by atoms with van der Waals surface area (Å²) < 4.78 is 0. The third-order valence-corrected chi connectivity index (χ3v) is 0.761. The van der Waals surface area contributed by atoms with Gasteiger partial charge in [-0.3, -0.25) is 4.99 Å². The summed E-state index contributed by atoms with van der Waals surface area (Å²) >= 11 is 0. The molecule has 0 bridgehead atoms. The van der Waals surface area contributed by atoms with Gasteiger partial charge in [-0.2, -0.15) is 0 Å².